The van der Waals surface area contributed by atoms with Crippen LogP contribution in [0.4, 0.5) is 27.6 Å². The third kappa shape index (κ3) is 3.48. The highest BCUT2D eigenvalue weighted by molar-refractivity contribution is 5.91. The number of phenols is 1. The van der Waals surface area contributed by atoms with Gasteiger partial charge in [0.05, 0.1) is 11.6 Å². The van der Waals surface area contributed by atoms with Crippen LogP contribution in [-0.4, -0.2) is 27.0 Å². The number of pyridine rings is 1. The summed E-state index contributed by atoms with van der Waals surface area (Å²) in [7, 11) is 0. The van der Waals surface area contributed by atoms with E-state index in [0.717, 1.165) is 30.3 Å². The van der Waals surface area contributed by atoms with E-state index in [2.05, 4.69) is 10.3 Å². The average molecular weight is 454 g/mol. The van der Waals surface area contributed by atoms with Gasteiger partial charge in [0, 0.05) is 28.8 Å². The van der Waals surface area contributed by atoms with Crippen molar-refractivity contribution in [3.8, 4) is 5.75 Å². The van der Waals surface area contributed by atoms with E-state index in [-0.39, 0.29) is 34.1 Å². The lowest BCUT2D eigenvalue weighted by molar-refractivity contribution is -0.272. The number of aromatic amines is 1. The zero-order valence-corrected chi connectivity index (χ0v) is 16.7. The Morgan fingerprint density at radius 3 is 2.50 bits per heavy atom. The molecule has 0 spiro atoms. The van der Waals surface area contributed by atoms with Gasteiger partial charge in [-0.05, 0) is 48.6 Å². The minimum atomic E-state index is -5.13. The molecule has 0 bridgehead atoms. The Labute approximate surface area is 178 Å². The van der Waals surface area contributed by atoms with E-state index in [9.17, 15) is 37.0 Å². The van der Waals surface area contributed by atoms with Crippen molar-refractivity contribution in [3.05, 3.63) is 69.5 Å². The third-order valence-corrected chi connectivity index (χ3v) is 6.00. The number of aliphatic hydroxyl groups is 1. The lowest BCUT2D eigenvalue weighted by atomic mass is 9.69. The van der Waals surface area contributed by atoms with Crippen molar-refractivity contribution in [2.24, 2.45) is 0 Å². The van der Waals surface area contributed by atoms with Gasteiger partial charge in [0.1, 0.15) is 17.4 Å². The van der Waals surface area contributed by atoms with Crippen LogP contribution < -0.4 is 10.9 Å². The molecule has 1 heterocycles. The molecule has 1 aliphatic rings. The molecule has 32 heavy (non-hydrogen) atoms. The Hall–Kier alpha value is -3.14. The highest BCUT2D eigenvalue weighted by Gasteiger charge is 2.62. The number of fused-ring (bicyclic) bond motifs is 2. The van der Waals surface area contributed by atoms with Crippen LogP contribution in [0.25, 0.3) is 10.9 Å². The minimum absolute atomic E-state index is 0.0279. The fourth-order valence-electron chi connectivity index (χ4n) is 4.50. The zero-order chi connectivity index (χ0) is 23.4. The predicted octanol–water partition coefficient (Wildman–Crippen LogP) is 4.86. The van der Waals surface area contributed by atoms with E-state index in [1.54, 1.807) is 6.92 Å². The molecule has 0 aliphatic heterocycles. The number of halogens is 5. The second kappa shape index (κ2) is 7.47. The van der Waals surface area contributed by atoms with Crippen LogP contribution in [0.15, 0.2) is 41.2 Å². The van der Waals surface area contributed by atoms with Crippen molar-refractivity contribution in [1.29, 1.82) is 0 Å². The summed E-state index contributed by atoms with van der Waals surface area (Å²) < 4.78 is 70.8. The first-order chi connectivity index (χ1) is 14.9. The first-order valence-electron chi connectivity index (χ1n) is 9.85. The molecule has 1 aromatic heterocycles. The van der Waals surface area contributed by atoms with E-state index in [1.165, 1.54) is 6.07 Å². The number of nitrogens with one attached hydrogen (secondary N) is 2. The van der Waals surface area contributed by atoms with Gasteiger partial charge in [-0.15, -0.1) is 0 Å². The second-order valence-electron chi connectivity index (χ2n) is 7.97. The van der Waals surface area contributed by atoms with Gasteiger partial charge in [0.25, 0.3) is 0 Å². The van der Waals surface area contributed by atoms with Crippen LogP contribution in [-0.2, 0) is 0 Å². The lowest BCUT2D eigenvalue weighted by Gasteiger charge is -2.45. The van der Waals surface area contributed by atoms with E-state index < -0.39 is 53.1 Å². The van der Waals surface area contributed by atoms with Crippen molar-refractivity contribution in [3.63, 3.8) is 0 Å². The Morgan fingerprint density at radius 1 is 1.16 bits per heavy atom. The number of H-pyrrole nitrogens is 1. The monoisotopic (exact) mass is 454 g/mol. The number of benzene rings is 2. The van der Waals surface area contributed by atoms with Gasteiger partial charge in [-0.25, -0.2) is 8.78 Å². The van der Waals surface area contributed by atoms with Crippen molar-refractivity contribution in [2.75, 3.05) is 5.32 Å². The van der Waals surface area contributed by atoms with Gasteiger partial charge in [-0.3, -0.25) is 4.79 Å². The van der Waals surface area contributed by atoms with E-state index in [0.29, 0.717) is 0 Å². The molecule has 4 rings (SSSR count). The number of aromatic nitrogens is 1. The predicted molar refractivity (Wildman–Crippen MR) is 108 cm³/mol. The van der Waals surface area contributed by atoms with Crippen LogP contribution >= 0.6 is 0 Å². The van der Waals surface area contributed by atoms with E-state index in [4.69, 9.17) is 0 Å². The quantitative estimate of drug-likeness (QED) is 0.426. The SMILES string of the molecule is CC[C@@H]1C[C@](O)(C(F)(F)F)[C@@H](Nc2cc(F)cc3[nH]c(=O)ccc23)c2cc(F)cc(O)c21. The molecule has 0 unspecified atom stereocenters. The summed E-state index contributed by atoms with van der Waals surface area (Å²) in [6.07, 6.45) is -5.77. The highest BCUT2D eigenvalue weighted by Crippen LogP contribution is 2.55. The number of hydrogen-bond acceptors (Lipinski definition) is 4. The molecule has 10 heteroatoms. The number of hydrogen-bond donors (Lipinski definition) is 4. The van der Waals surface area contributed by atoms with Gasteiger partial charge in [0.15, 0.2) is 5.60 Å². The average Bonchev–Trinajstić information content (AvgIpc) is 2.68. The maximum Gasteiger partial charge on any atom is 0.419 e. The Morgan fingerprint density at radius 2 is 1.84 bits per heavy atom. The Bertz CT molecular complexity index is 1260. The Balaban J connectivity index is 1.97. The van der Waals surface area contributed by atoms with Crippen molar-refractivity contribution in [1.82, 2.24) is 4.98 Å². The van der Waals surface area contributed by atoms with E-state index >= 15 is 0 Å². The molecule has 0 saturated heterocycles. The largest absolute Gasteiger partial charge is 0.508 e. The minimum Gasteiger partial charge on any atom is -0.508 e. The molecular formula is C22H19F5N2O3. The number of anilines is 1. The molecule has 0 saturated carbocycles. The van der Waals surface area contributed by atoms with Gasteiger partial charge >= 0.3 is 6.18 Å². The van der Waals surface area contributed by atoms with Crippen molar-refractivity contribution < 1.29 is 32.2 Å². The van der Waals surface area contributed by atoms with Gasteiger partial charge in [-0.2, -0.15) is 13.2 Å². The molecule has 2 aromatic carbocycles. The summed E-state index contributed by atoms with van der Waals surface area (Å²) in [5, 5.41) is 23.9. The van der Waals surface area contributed by atoms with Gasteiger partial charge in [-0.1, -0.05) is 6.92 Å². The number of alkyl halides is 3. The van der Waals surface area contributed by atoms with E-state index in [1.807, 2.05) is 0 Å². The lowest BCUT2D eigenvalue weighted by Crippen LogP contribution is -2.55. The third-order valence-electron chi connectivity index (χ3n) is 6.00. The summed E-state index contributed by atoms with van der Waals surface area (Å²) in [5.74, 6) is -3.24. The topological polar surface area (TPSA) is 85.4 Å². The van der Waals surface area contributed by atoms with Crippen molar-refractivity contribution in [2.45, 2.75) is 43.5 Å². The molecule has 0 amide bonds. The molecule has 3 atom stereocenters. The summed E-state index contributed by atoms with van der Waals surface area (Å²) in [5.41, 5.74) is -4.19. The fraction of sp³-hybridized carbons (Fsp3) is 0.318. The first kappa shape index (κ1) is 22.1. The summed E-state index contributed by atoms with van der Waals surface area (Å²) in [6.45, 7) is 1.60. The second-order valence-corrected chi connectivity index (χ2v) is 7.97. The maximum atomic E-state index is 14.2. The normalized spacial score (nSPS) is 23.2. The van der Waals surface area contributed by atoms with Crippen LogP contribution in [0.1, 0.15) is 42.9 Å². The van der Waals surface area contributed by atoms with Crippen molar-refractivity contribution >= 4 is 16.6 Å². The number of phenolic OH excluding ortho intramolecular Hbond substituents is 1. The van der Waals surface area contributed by atoms with Crippen LogP contribution in [0.5, 0.6) is 5.75 Å². The van der Waals surface area contributed by atoms with Crippen LogP contribution in [0.2, 0.25) is 0 Å². The molecule has 1 aliphatic carbocycles. The molecule has 4 N–H and O–H groups in total. The first-order valence-corrected chi connectivity index (χ1v) is 9.85. The Kier molecular flexibility index (Phi) is 5.15. The smallest absolute Gasteiger partial charge is 0.419 e. The zero-order valence-electron chi connectivity index (χ0n) is 16.7. The fourth-order valence-corrected chi connectivity index (χ4v) is 4.50. The molecule has 5 nitrogen and oxygen atoms in total. The molecule has 0 fully saturated rings. The van der Waals surface area contributed by atoms with Gasteiger partial charge in [0.2, 0.25) is 5.56 Å². The molecule has 0 radical (unpaired) electrons. The molecular weight excluding hydrogens is 435 g/mol. The summed E-state index contributed by atoms with van der Waals surface area (Å²) >= 11 is 0. The van der Waals surface area contributed by atoms with Gasteiger partial charge < -0.3 is 20.5 Å². The molecule has 170 valence electrons. The maximum absolute atomic E-state index is 14.2. The number of aromatic hydroxyl groups is 1. The standard InChI is InChI=1S/C22H19F5N2O3/c1-2-10-9-21(32,22(25,26)27)20(14-5-11(23)8-17(30)19(10)14)29-16-7-12(24)6-15-13(16)3-4-18(31)28-15/h3-8,10,20,29-30,32H,2,9H2,1H3,(H,28,31)/t10-,20+,21-/m1/s1. The summed E-state index contributed by atoms with van der Waals surface area (Å²) in [6, 6.07) is 4.01. The van der Waals surface area contributed by atoms with Crippen LogP contribution in [0.3, 0.4) is 0 Å². The summed E-state index contributed by atoms with van der Waals surface area (Å²) in [4.78, 5) is 14.0. The molecule has 3 aromatic rings. The number of rotatable bonds is 3. The highest BCUT2D eigenvalue weighted by atomic mass is 19.4. The van der Waals surface area contributed by atoms with Crippen LogP contribution in [0, 0.1) is 11.6 Å².